The van der Waals surface area contributed by atoms with E-state index in [2.05, 4.69) is 17.4 Å². The van der Waals surface area contributed by atoms with Gasteiger partial charge in [0.25, 0.3) is 5.91 Å². The van der Waals surface area contributed by atoms with Crippen molar-refractivity contribution in [1.29, 1.82) is 0 Å². The van der Waals surface area contributed by atoms with E-state index < -0.39 is 0 Å². The van der Waals surface area contributed by atoms with E-state index >= 15 is 0 Å². The van der Waals surface area contributed by atoms with Crippen molar-refractivity contribution in [2.24, 2.45) is 0 Å². The lowest BCUT2D eigenvalue weighted by atomic mass is 10.1. The van der Waals surface area contributed by atoms with Crippen LogP contribution in [0, 0.1) is 0 Å². The van der Waals surface area contributed by atoms with Crippen molar-refractivity contribution in [2.45, 2.75) is 39.7 Å². The van der Waals surface area contributed by atoms with Gasteiger partial charge < -0.3 is 19.7 Å². The fourth-order valence-electron chi connectivity index (χ4n) is 2.11. The number of carbonyl (C=O) groups excluding carboxylic acids is 1. The largest absolute Gasteiger partial charge is 0.494 e. The van der Waals surface area contributed by atoms with Gasteiger partial charge in [-0.3, -0.25) is 4.79 Å². The molecule has 124 valence electrons. The number of benzene rings is 1. The quantitative estimate of drug-likeness (QED) is 0.818. The van der Waals surface area contributed by atoms with Crippen LogP contribution in [-0.2, 0) is 6.61 Å². The standard InChI is InChI=1S/C17H22N2O4/c1-4-11(3)14-9-16(23-19-14)17(21)18-13-6-7-15(22-5-2)12(8-13)10-20/h6-9,11,20H,4-5,10H2,1-3H3,(H,18,21). The third-order valence-corrected chi connectivity index (χ3v) is 3.66. The van der Waals surface area contributed by atoms with Crippen molar-refractivity contribution in [3.05, 3.63) is 41.3 Å². The summed E-state index contributed by atoms with van der Waals surface area (Å²) < 4.78 is 10.5. The second-order valence-corrected chi connectivity index (χ2v) is 5.29. The summed E-state index contributed by atoms with van der Waals surface area (Å²) in [5, 5.41) is 16.1. The Kier molecular flexibility index (Phi) is 5.76. The first-order chi connectivity index (χ1) is 11.1. The summed E-state index contributed by atoms with van der Waals surface area (Å²) in [6, 6.07) is 6.77. The highest BCUT2D eigenvalue weighted by atomic mass is 16.5. The number of hydrogen-bond donors (Lipinski definition) is 2. The van der Waals surface area contributed by atoms with Gasteiger partial charge in [-0.25, -0.2) is 0 Å². The van der Waals surface area contributed by atoms with Gasteiger partial charge in [-0.1, -0.05) is 19.0 Å². The molecule has 1 aromatic carbocycles. The molecule has 1 aromatic heterocycles. The molecule has 6 heteroatoms. The Bertz CT molecular complexity index is 666. The van der Waals surface area contributed by atoms with Crippen LogP contribution in [0.3, 0.4) is 0 Å². The Morgan fingerprint density at radius 3 is 2.83 bits per heavy atom. The van der Waals surface area contributed by atoms with Crippen molar-refractivity contribution in [1.82, 2.24) is 5.16 Å². The maximum atomic E-state index is 12.2. The number of hydrogen-bond acceptors (Lipinski definition) is 5. The van der Waals surface area contributed by atoms with E-state index in [0.29, 0.717) is 23.6 Å². The molecule has 0 fully saturated rings. The van der Waals surface area contributed by atoms with Crippen molar-refractivity contribution in [2.75, 3.05) is 11.9 Å². The van der Waals surface area contributed by atoms with Crippen LogP contribution in [0.4, 0.5) is 5.69 Å². The zero-order chi connectivity index (χ0) is 16.8. The van der Waals surface area contributed by atoms with E-state index in [0.717, 1.165) is 12.1 Å². The highest BCUT2D eigenvalue weighted by Crippen LogP contribution is 2.24. The first kappa shape index (κ1) is 17.0. The highest BCUT2D eigenvalue weighted by Gasteiger charge is 2.16. The topological polar surface area (TPSA) is 84.6 Å². The number of ether oxygens (including phenoxy) is 1. The molecule has 0 saturated heterocycles. The Labute approximate surface area is 135 Å². The molecule has 0 aliphatic carbocycles. The van der Waals surface area contributed by atoms with Gasteiger partial charge in [0.15, 0.2) is 0 Å². The number of aliphatic hydroxyl groups is 1. The van der Waals surface area contributed by atoms with E-state index in [1.54, 1.807) is 24.3 Å². The fraction of sp³-hybridized carbons (Fsp3) is 0.412. The first-order valence-corrected chi connectivity index (χ1v) is 7.73. The molecule has 1 atom stereocenters. The van der Waals surface area contributed by atoms with Crippen molar-refractivity contribution < 1.29 is 19.2 Å². The third-order valence-electron chi connectivity index (χ3n) is 3.66. The molecule has 0 bridgehead atoms. The zero-order valence-corrected chi connectivity index (χ0v) is 13.6. The molecular formula is C17H22N2O4. The van der Waals surface area contributed by atoms with Crippen LogP contribution in [0.1, 0.15) is 54.9 Å². The van der Waals surface area contributed by atoms with Crippen LogP contribution in [-0.4, -0.2) is 22.8 Å². The Morgan fingerprint density at radius 2 is 2.17 bits per heavy atom. The maximum Gasteiger partial charge on any atom is 0.294 e. The van der Waals surface area contributed by atoms with Crippen LogP contribution < -0.4 is 10.1 Å². The van der Waals surface area contributed by atoms with E-state index in [4.69, 9.17) is 9.26 Å². The number of carbonyl (C=O) groups is 1. The molecule has 0 radical (unpaired) electrons. The van der Waals surface area contributed by atoms with E-state index in [1.807, 2.05) is 13.8 Å². The lowest BCUT2D eigenvalue weighted by Crippen LogP contribution is -2.11. The summed E-state index contributed by atoms with van der Waals surface area (Å²) >= 11 is 0. The second-order valence-electron chi connectivity index (χ2n) is 5.29. The van der Waals surface area contributed by atoms with Crippen LogP contribution >= 0.6 is 0 Å². The molecule has 1 unspecified atom stereocenters. The molecule has 2 N–H and O–H groups in total. The molecule has 2 rings (SSSR count). The zero-order valence-electron chi connectivity index (χ0n) is 13.6. The van der Waals surface area contributed by atoms with Crippen molar-refractivity contribution >= 4 is 11.6 Å². The lowest BCUT2D eigenvalue weighted by molar-refractivity contribution is 0.0987. The smallest absolute Gasteiger partial charge is 0.294 e. The van der Waals surface area contributed by atoms with Gasteiger partial charge in [-0.15, -0.1) is 0 Å². The monoisotopic (exact) mass is 318 g/mol. The molecule has 2 aromatic rings. The fourth-order valence-corrected chi connectivity index (χ4v) is 2.11. The normalized spacial score (nSPS) is 12.0. The van der Waals surface area contributed by atoms with Gasteiger partial charge in [0.2, 0.25) is 5.76 Å². The molecule has 0 spiro atoms. The molecule has 1 amide bonds. The van der Waals surface area contributed by atoms with Gasteiger partial charge in [0.1, 0.15) is 5.75 Å². The number of aliphatic hydroxyl groups excluding tert-OH is 1. The van der Waals surface area contributed by atoms with Crippen LogP contribution in [0.5, 0.6) is 5.75 Å². The average Bonchev–Trinajstić information content (AvgIpc) is 3.05. The molecule has 0 aliphatic rings. The van der Waals surface area contributed by atoms with E-state index in [9.17, 15) is 9.90 Å². The second kappa shape index (κ2) is 7.78. The Balaban J connectivity index is 2.12. The van der Waals surface area contributed by atoms with Crippen LogP contribution in [0.15, 0.2) is 28.8 Å². The SMILES string of the molecule is CCOc1ccc(NC(=O)c2cc(C(C)CC)no2)cc1CO. The number of anilines is 1. The average molecular weight is 318 g/mol. The summed E-state index contributed by atoms with van der Waals surface area (Å²) in [5.41, 5.74) is 1.94. The van der Waals surface area contributed by atoms with Crippen LogP contribution in [0.25, 0.3) is 0 Å². The molecule has 23 heavy (non-hydrogen) atoms. The number of amides is 1. The number of aromatic nitrogens is 1. The van der Waals surface area contributed by atoms with Gasteiger partial charge >= 0.3 is 0 Å². The molecular weight excluding hydrogens is 296 g/mol. The molecule has 6 nitrogen and oxygen atoms in total. The van der Waals surface area contributed by atoms with Gasteiger partial charge in [0, 0.05) is 23.2 Å². The van der Waals surface area contributed by atoms with Crippen LogP contribution in [0.2, 0.25) is 0 Å². The highest BCUT2D eigenvalue weighted by molar-refractivity contribution is 6.02. The van der Waals surface area contributed by atoms with Gasteiger partial charge in [-0.2, -0.15) is 0 Å². The predicted octanol–water partition coefficient (Wildman–Crippen LogP) is 3.33. The predicted molar refractivity (Wildman–Crippen MR) is 86.7 cm³/mol. The minimum Gasteiger partial charge on any atom is -0.494 e. The van der Waals surface area contributed by atoms with E-state index in [1.165, 1.54) is 0 Å². The summed E-state index contributed by atoms with van der Waals surface area (Å²) in [6.07, 6.45) is 0.923. The van der Waals surface area contributed by atoms with Gasteiger partial charge in [-0.05, 0) is 31.5 Å². The number of nitrogens with one attached hydrogen (secondary N) is 1. The lowest BCUT2D eigenvalue weighted by Gasteiger charge is -2.10. The summed E-state index contributed by atoms with van der Waals surface area (Å²) in [7, 11) is 0. The van der Waals surface area contributed by atoms with Crippen molar-refractivity contribution in [3.63, 3.8) is 0 Å². The van der Waals surface area contributed by atoms with E-state index in [-0.39, 0.29) is 24.2 Å². The Hall–Kier alpha value is -2.34. The number of nitrogens with zero attached hydrogens (tertiary/aromatic N) is 1. The summed E-state index contributed by atoms with van der Waals surface area (Å²) in [4.78, 5) is 12.2. The Morgan fingerprint density at radius 1 is 1.39 bits per heavy atom. The molecule has 0 saturated carbocycles. The number of rotatable bonds is 7. The van der Waals surface area contributed by atoms with Gasteiger partial charge in [0.05, 0.1) is 18.9 Å². The van der Waals surface area contributed by atoms with Crippen molar-refractivity contribution in [3.8, 4) is 5.75 Å². The third kappa shape index (κ3) is 4.10. The maximum absolute atomic E-state index is 12.2. The first-order valence-electron chi connectivity index (χ1n) is 7.73. The summed E-state index contributed by atoms with van der Waals surface area (Å²) in [6.45, 7) is 6.29. The minimum atomic E-state index is -0.375. The molecule has 1 heterocycles. The molecule has 0 aliphatic heterocycles. The minimum absolute atomic E-state index is 0.166. The summed E-state index contributed by atoms with van der Waals surface area (Å²) in [5.74, 6) is 0.637.